The first-order chi connectivity index (χ1) is 14.2. The van der Waals surface area contributed by atoms with Gasteiger partial charge >= 0.3 is 0 Å². The first-order valence-electron chi connectivity index (χ1n) is 10.5. The SMILES string of the molecule is O=C(C#Cc1ccccc1)N1CCOc2ccc(C(O)C3CCCCC3)cc2C1. The van der Waals surface area contributed by atoms with Crippen molar-refractivity contribution < 1.29 is 14.6 Å². The zero-order valence-electron chi connectivity index (χ0n) is 16.6. The Balaban J connectivity index is 1.50. The summed E-state index contributed by atoms with van der Waals surface area (Å²) in [5.41, 5.74) is 2.68. The van der Waals surface area contributed by atoms with Crippen LogP contribution in [0.5, 0.6) is 5.75 Å². The lowest BCUT2D eigenvalue weighted by Gasteiger charge is -2.27. The topological polar surface area (TPSA) is 49.8 Å². The summed E-state index contributed by atoms with van der Waals surface area (Å²) in [6.45, 7) is 1.39. The molecule has 1 fully saturated rings. The minimum atomic E-state index is -0.453. The molecule has 2 aliphatic rings. The second-order valence-corrected chi connectivity index (χ2v) is 7.90. The molecule has 0 spiro atoms. The van der Waals surface area contributed by atoms with Gasteiger partial charge in [0, 0.05) is 17.0 Å². The molecule has 1 N–H and O–H groups in total. The van der Waals surface area contributed by atoms with Crippen LogP contribution in [0.1, 0.15) is 54.9 Å². The Bertz CT molecular complexity index is 907. The van der Waals surface area contributed by atoms with Gasteiger partial charge in [-0.3, -0.25) is 4.79 Å². The first-order valence-corrected chi connectivity index (χ1v) is 10.5. The molecule has 0 saturated heterocycles. The number of rotatable bonds is 2. The van der Waals surface area contributed by atoms with Crippen LogP contribution in [0.3, 0.4) is 0 Å². The van der Waals surface area contributed by atoms with E-state index in [0.29, 0.717) is 25.6 Å². The third kappa shape index (κ3) is 4.81. The van der Waals surface area contributed by atoms with E-state index in [1.165, 1.54) is 19.3 Å². The zero-order chi connectivity index (χ0) is 20.1. The molecule has 4 heteroatoms. The molecule has 150 valence electrons. The van der Waals surface area contributed by atoms with Crippen LogP contribution in [0.25, 0.3) is 0 Å². The summed E-state index contributed by atoms with van der Waals surface area (Å²) in [5.74, 6) is 6.59. The summed E-state index contributed by atoms with van der Waals surface area (Å²) < 4.78 is 5.85. The molecule has 4 nitrogen and oxygen atoms in total. The Morgan fingerprint density at radius 3 is 2.69 bits per heavy atom. The summed E-state index contributed by atoms with van der Waals surface area (Å²) in [7, 11) is 0. The number of nitrogens with zero attached hydrogens (tertiary/aromatic N) is 1. The van der Waals surface area contributed by atoms with E-state index in [-0.39, 0.29) is 5.91 Å². The smallest absolute Gasteiger partial charge is 0.299 e. The largest absolute Gasteiger partial charge is 0.491 e. The van der Waals surface area contributed by atoms with Crippen molar-refractivity contribution in [1.82, 2.24) is 4.90 Å². The van der Waals surface area contributed by atoms with Crippen LogP contribution >= 0.6 is 0 Å². The highest BCUT2D eigenvalue weighted by Crippen LogP contribution is 2.36. The molecule has 29 heavy (non-hydrogen) atoms. The van der Waals surface area contributed by atoms with E-state index < -0.39 is 6.10 Å². The lowest BCUT2D eigenvalue weighted by Crippen LogP contribution is -2.31. The predicted molar refractivity (Wildman–Crippen MR) is 112 cm³/mol. The van der Waals surface area contributed by atoms with E-state index in [1.54, 1.807) is 4.90 Å². The number of hydrogen-bond donors (Lipinski definition) is 1. The Kier molecular flexibility index (Phi) is 6.17. The van der Waals surface area contributed by atoms with E-state index in [4.69, 9.17) is 4.74 Å². The zero-order valence-corrected chi connectivity index (χ0v) is 16.6. The number of hydrogen-bond acceptors (Lipinski definition) is 3. The molecule has 2 aromatic rings. The van der Waals surface area contributed by atoms with Gasteiger partial charge in [0.2, 0.25) is 0 Å². The fourth-order valence-corrected chi connectivity index (χ4v) is 4.22. The van der Waals surface area contributed by atoms with Crippen LogP contribution in [0, 0.1) is 17.8 Å². The van der Waals surface area contributed by atoms with Gasteiger partial charge in [-0.05, 0) is 48.6 Å². The fourth-order valence-electron chi connectivity index (χ4n) is 4.22. The van der Waals surface area contributed by atoms with Crippen molar-refractivity contribution in [2.45, 2.75) is 44.8 Å². The van der Waals surface area contributed by atoms with Gasteiger partial charge in [-0.2, -0.15) is 0 Å². The van der Waals surface area contributed by atoms with Crippen molar-refractivity contribution in [3.8, 4) is 17.6 Å². The molecule has 1 unspecified atom stereocenters. The number of amides is 1. The lowest BCUT2D eigenvalue weighted by molar-refractivity contribution is -0.125. The fraction of sp³-hybridized carbons (Fsp3) is 0.400. The summed E-state index contributed by atoms with van der Waals surface area (Å²) >= 11 is 0. The molecule has 1 aliphatic heterocycles. The Labute approximate surface area is 172 Å². The minimum Gasteiger partial charge on any atom is -0.491 e. The Hall–Kier alpha value is -2.77. The monoisotopic (exact) mass is 389 g/mol. The molecular weight excluding hydrogens is 362 g/mol. The molecule has 0 radical (unpaired) electrons. The predicted octanol–water partition coefficient (Wildman–Crippen LogP) is 4.07. The molecule has 2 aromatic carbocycles. The number of carbonyl (C=O) groups is 1. The third-order valence-corrected chi connectivity index (χ3v) is 5.88. The second-order valence-electron chi connectivity index (χ2n) is 7.90. The molecule has 1 aliphatic carbocycles. The molecule has 0 aromatic heterocycles. The van der Waals surface area contributed by atoms with Crippen molar-refractivity contribution in [2.75, 3.05) is 13.2 Å². The quantitative estimate of drug-likeness (QED) is 0.788. The maximum Gasteiger partial charge on any atom is 0.299 e. The highest BCUT2D eigenvalue weighted by atomic mass is 16.5. The standard InChI is InChI=1S/C25H27NO3/c27-24(14-11-19-7-3-1-4-8-19)26-15-16-29-23-13-12-21(17-22(23)18-26)25(28)20-9-5-2-6-10-20/h1,3-4,7-8,12-13,17,20,25,28H,2,5-6,9-10,15-16,18H2. The third-order valence-electron chi connectivity index (χ3n) is 5.88. The maximum absolute atomic E-state index is 12.6. The van der Waals surface area contributed by atoms with Crippen LogP contribution in [-0.2, 0) is 11.3 Å². The van der Waals surface area contributed by atoms with Gasteiger partial charge in [-0.15, -0.1) is 0 Å². The average Bonchev–Trinajstić information content (AvgIpc) is 3.00. The summed E-state index contributed by atoms with van der Waals surface area (Å²) in [5, 5.41) is 10.9. The van der Waals surface area contributed by atoms with Gasteiger partial charge in [0.25, 0.3) is 5.91 Å². The highest BCUT2D eigenvalue weighted by Gasteiger charge is 2.25. The summed E-state index contributed by atoms with van der Waals surface area (Å²) in [6.07, 6.45) is 5.35. The minimum absolute atomic E-state index is 0.205. The molecule has 1 atom stereocenters. The Morgan fingerprint density at radius 2 is 1.90 bits per heavy atom. The van der Waals surface area contributed by atoms with Crippen molar-refractivity contribution in [3.05, 3.63) is 65.2 Å². The molecular formula is C25H27NO3. The number of fused-ring (bicyclic) bond motifs is 1. The van der Waals surface area contributed by atoms with Crippen LogP contribution in [0.15, 0.2) is 48.5 Å². The number of ether oxygens (including phenoxy) is 1. The van der Waals surface area contributed by atoms with E-state index in [0.717, 1.165) is 35.3 Å². The van der Waals surface area contributed by atoms with Gasteiger partial charge in [0.15, 0.2) is 0 Å². The molecule has 4 rings (SSSR count). The van der Waals surface area contributed by atoms with E-state index >= 15 is 0 Å². The molecule has 1 amide bonds. The maximum atomic E-state index is 12.6. The van der Waals surface area contributed by atoms with Crippen LogP contribution in [0.4, 0.5) is 0 Å². The van der Waals surface area contributed by atoms with Crippen LogP contribution in [0.2, 0.25) is 0 Å². The van der Waals surface area contributed by atoms with Crippen LogP contribution in [-0.4, -0.2) is 29.1 Å². The van der Waals surface area contributed by atoms with Gasteiger partial charge in [-0.25, -0.2) is 0 Å². The van der Waals surface area contributed by atoms with Crippen molar-refractivity contribution in [1.29, 1.82) is 0 Å². The van der Waals surface area contributed by atoms with E-state index in [1.807, 2.05) is 48.5 Å². The van der Waals surface area contributed by atoms with Gasteiger partial charge in [0.05, 0.1) is 19.2 Å². The number of aliphatic hydroxyl groups excluding tert-OH is 1. The van der Waals surface area contributed by atoms with Gasteiger partial charge < -0.3 is 14.7 Å². The average molecular weight is 389 g/mol. The molecule has 1 saturated carbocycles. The van der Waals surface area contributed by atoms with Gasteiger partial charge in [0.1, 0.15) is 12.4 Å². The van der Waals surface area contributed by atoms with Crippen LogP contribution < -0.4 is 4.74 Å². The van der Waals surface area contributed by atoms with E-state index in [2.05, 4.69) is 11.8 Å². The highest BCUT2D eigenvalue weighted by molar-refractivity contribution is 5.94. The van der Waals surface area contributed by atoms with Crippen molar-refractivity contribution in [2.24, 2.45) is 5.92 Å². The van der Waals surface area contributed by atoms with Crippen molar-refractivity contribution >= 4 is 5.91 Å². The normalized spacial score (nSPS) is 17.9. The Morgan fingerprint density at radius 1 is 1.10 bits per heavy atom. The number of aliphatic hydroxyl groups is 1. The van der Waals surface area contributed by atoms with E-state index in [9.17, 15) is 9.90 Å². The van der Waals surface area contributed by atoms with Gasteiger partial charge in [-0.1, -0.05) is 49.4 Å². The second kappa shape index (κ2) is 9.15. The number of carbonyl (C=O) groups excluding carboxylic acids is 1. The number of benzene rings is 2. The summed E-state index contributed by atoms with van der Waals surface area (Å²) in [4.78, 5) is 14.4. The molecule has 1 heterocycles. The lowest BCUT2D eigenvalue weighted by atomic mass is 9.82. The van der Waals surface area contributed by atoms with Crippen molar-refractivity contribution in [3.63, 3.8) is 0 Å². The first kappa shape index (κ1) is 19.5. The summed E-state index contributed by atoms with van der Waals surface area (Å²) in [6, 6.07) is 15.4. The molecule has 0 bridgehead atoms.